The molecule has 3 aromatic rings. The van der Waals surface area contributed by atoms with Gasteiger partial charge in [0.25, 0.3) is 11.7 Å². The minimum absolute atomic E-state index is 0.206. The molecule has 1 aliphatic rings. The number of anilines is 1. The van der Waals surface area contributed by atoms with Crippen molar-refractivity contribution in [3.63, 3.8) is 0 Å². The number of ether oxygens (including phenoxy) is 1. The molecular formula is C26H21F2NO4. The van der Waals surface area contributed by atoms with Gasteiger partial charge in [-0.2, -0.15) is 0 Å². The normalized spacial score (nSPS) is 17.5. The second kappa shape index (κ2) is 8.50. The molecule has 1 amide bonds. The van der Waals surface area contributed by atoms with Gasteiger partial charge in [0.1, 0.15) is 23.1 Å². The van der Waals surface area contributed by atoms with Crippen LogP contribution in [0, 0.1) is 25.5 Å². The first kappa shape index (κ1) is 22.2. The molecule has 0 bridgehead atoms. The molecule has 5 nitrogen and oxygen atoms in total. The number of hydrogen-bond acceptors (Lipinski definition) is 4. The van der Waals surface area contributed by atoms with Gasteiger partial charge in [0.15, 0.2) is 0 Å². The van der Waals surface area contributed by atoms with Crippen LogP contribution >= 0.6 is 0 Å². The summed E-state index contributed by atoms with van der Waals surface area (Å²) in [5, 5.41) is 11.2. The van der Waals surface area contributed by atoms with E-state index in [-0.39, 0.29) is 11.3 Å². The predicted octanol–water partition coefficient (Wildman–Crippen LogP) is 5.22. The SMILES string of the molecule is COc1ccc(/C(O)=C2/C(=O)C(=O)N(c3cc(F)ccc3F)C2c2cccc(C)c2)c(C)c1. The average molecular weight is 449 g/mol. The van der Waals surface area contributed by atoms with Crippen LogP contribution in [-0.4, -0.2) is 23.9 Å². The number of rotatable bonds is 4. The van der Waals surface area contributed by atoms with Crippen molar-refractivity contribution in [2.75, 3.05) is 12.0 Å². The smallest absolute Gasteiger partial charge is 0.300 e. The fourth-order valence-corrected chi connectivity index (χ4v) is 4.08. The van der Waals surface area contributed by atoms with Gasteiger partial charge in [0, 0.05) is 11.6 Å². The Morgan fingerprint density at radius 2 is 1.76 bits per heavy atom. The Hall–Kier alpha value is -4.00. The van der Waals surface area contributed by atoms with Gasteiger partial charge in [-0.15, -0.1) is 0 Å². The number of carbonyl (C=O) groups excluding carboxylic acids is 2. The number of methoxy groups -OCH3 is 1. The third-order valence-corrected chi connectivity index (χ3v) is 5.66. The molecule has 1 saturated heterocycles. The van der Waals surface area contributed by atoms with Gasteiger partial charge in [0.2, 0.25) is 0 Å². The third kappa shape index (κ3) is 3.86. The van der Waals surface area contributed by atoms with Crippen LogP contribution in [0.25, 0.3) is 5.76 Å². The standard InChI is InChI=1S/C26H21F2NO4/c1-14-5-4-6-16(11-14)23-22(24(30)19-9-8-18(33-3)12-15(19)2)25(31)26(32)29(23)21-13-17(27)7-10-20(21)28/h4-13,23,30H,1-3H3/b24-22-. The minimum atomic E-state index is -1.15. The lowest BCUT2D eigenvalue weighted by atomic mass is 9.93. The van der Waals surface area contributed by atoms with Gasteiger partial charge < -0.3 is 9.84 Å². The van der Waals surface area contributed by atoms with Crippen molar-refractivity contribution < 1.29 is 28.2 Å². The number of hydrogen-bond donors (Lipinski definition) is 1. The first-order valence-corrected chi connectivity index (χ1v) is 10.2. The number of ketones is 1. The fourth-order valence-electron chi connectivity index (χ4n) is 4.08. The third-order valence-electron chi connectivity index (χ3n) is 5.66. The van der Waals surface area contributed by atoms with Crippen LogP contribution in [0.5, 0.6) is 5.75 Å². The number of halogens is 2. The lowest BCUT2D eigenvalue weighted by Gasteiger charge is -2.26. The zero-order chi connectivity index (χ0) is 23.9. The highest BCUT2D eigenvalue weighted by Gasteiger charge is 2.48. The van der Waals surface area contributed by atoms with Gasteiger partial charge in [-0.25, -0.2) is 8.78 Å². The molecule has 168 valence electrons. The molecule has 33 heavy (non-hydrogen) atoms. The van der Waals surface area contributed by atoms with Crippen LogP contribution < -0.4 is 9.64 Å². The maximum absolute atomic E-state index is 14.7. The molecule has 0 saturated carbocycles. The van der Waals surface area contributed by atoms with E-state index in [9.17, 15) is 23.5 Å². The Labute approximate surface area is 189 Å². The molecule has 1 N–H and O–H groups in total. The van der Waals surface area contributed by atoms with E-state index < -0.39 is 35.1 Å². The molecule has 0 radical (unpaired) electrons. The van der Waals surface area contributed by atoms with Crippen LogP contribution in [-0.2, 0) is 9.59 Å². The van der Waals surface area contributed by atoms with Gasteiger partial charge >= 0.3 is 0 Å². The van der Waals surface area contributed by atoms with E-state index >= 15 is 0 Å². The van der Waals surface area contributed by atoms with Crippen molar-refractivity contribution in [1.29, 1.82) is 0 Å². The summed E-state index contributed by atoms with van der Waals surface area (Å²) >= 11 is 0. The number of carbonyl (C=O) groups is 2. The number of nitrogens with zero attached hydrogens (tertiary/aromatic N) is 1. The number of benzene rings is 3. The zero-order valence-corrected chi connectivity index (χ0v) is 18.2. The average Bonchev–Trinajstić information content (AvgIpc) is 3.05. The quantitative estimate of drug-likeness (QED) is 0.337. The molecule has 0 spiro atoms. The monoisotopic (exact) mass is 449 g/mol. The Morgan fingerprint density at radius 1 is 1.00 bits per heavy atom. The summed E-state index contributed by atoms with van der Waals surface area (Å²) in [6.45, 7) is 3.55. The molecule has 1 heterocycles. The van der Waals surface area contributed by atoms with Crippen molar-refractivity contribution in [3.05, 3.63) is 100 Å². The number of amides is 1. The predicted molar refractivity (Wildman–Crippen MR) is 120 cm³/mol. The van der Waals surface area contributed by atoms with Gasteiger partial charge in [-0.1, -0.05) is 29.8 Å². The van der Waals surface area contributed by atoms with Gasteiger partial charge in [0.05, 0.1) is 24.4 Å². The minimum Gasteiger partial charge on any atom is -0.507 e. The molecule has 7 heteroatoms. The molecular weight excluding hydrogens is 428 g/mol. The van der Waals surface area contributed by atoms with Crippen molar-refractivity contribution in [2.45, 2.75) is 19.9 Å². The number of aliphatic hydroxyl groups excluding tert-OH is 1. The summed E-state index contributed by atoms with van der Waals surface area (Å²) < 4.78 is 33.9. The summed E-state index contributed by atoms with van der Waals surface area (Å²) in [5.41, 5.74) is 1.66. The van der Waals surface area contributed by atoms with Crippen molar-refractivity contribution in [1.82, 2.24) is 0 Å². The summed E-state index contributed by atoms with van der Waals surface area (Å²) in [6, 6.07) is 13.4. The highest BCUT2D eigenvalue weighted by atomic mass is 19.1. The maximum atomic E-state index is 14.7. The van der Waals surface area contributed by atoms with E-state index in [1.807, 2.05) is 13.0 Å². The molecule has 4 rings (SSSR count). The van der Waals surface area contributed by atoms with E-state index in [1.54, 1.807) is 43.3 Å². The molecule has 1 atom stereocenters. The Balaban J connectivity index is 1.99. The zero-order valence-electron chi connectivity index (χ0n) is 18.2. The fraction of sp³-hybridized carbons (Fsp3) is 0.154. The summed E-state index contributed by atoms with van der Waals surface area (Å²) in [7, 11) is 1.51. The first-order chi connectivity index (χ1) is 15.7. The summed E-state index contributed by atoms with van der Waals surface area (Å²) in [4.78, 5) is 27.1. The number of Topliss-reactive ketones (excluding diaryl/α,β-unsaturated/α-hetero) is 1. The first-order valence-electron chi connectivity index (χ1n) is 10.2. The van der Waals surface area contributed by atoms with Crippen LogP contribution in [0.3, 0.4) is 0 Å². The van der Waals surface area contributed by atoms with Crippen LogP contribution in [0.15, 0.2) is 66.2 Å². The van der Waals surface area contributed by atoms with Crippen LogP contribution in [0.1, 0.15) is 28.3 Å². The van der Waals surface area contributed by atoms with E-state index in [2.05, 4.69) is 0 Å². The number of aliphatic hydroxyl groups is 1. The Kier molecular flexibility index (Phi) is 5.72. The molecule has 1 aliphatic heterocycles. The van der Waals surface area contributed by atoms with Crippen LogP contribution in [0.4, 0.5) is 14.5 Å². The second-order valence-corrected chi connectivity index (χ2v) is 7.86. The molecule has 1 unspecified atom stereocenters. The van der Waals surface area contributed by atoms with Crippen molar-refractivity contribution in [3.8, 4) is 5.75 Å². The van der Waals surface area contributed by atoms with Gasteiger partial charge in [-0.3, -0.25) is 14.5 Å². The Bertz CT molecular complexity index is 1320. The van der Waals surface area contributed by atoms with Crippen molar-refractivity contribution >= 4 is 23.1 Å². The molecule has 1 fully saturated rings. The van der Waals surface area contributed by atoms with Crippen molar-refractivity contribution in [2.24, 2.45) is 0 Å². The maximum Gasteiger partial charge on any atom is 0.300 e. The second-order valence-electron chi connectivity index (χ2n) is 7.86. The van der Waals surface area contributed by atoms with E-state index in [0.717, 1.165) is 28.7 Å². The van der Waals surface area contributed by atoms with E-state index in [1.165, 1.54) is 7.11 Å². The molecule has 0 aliphatic carbocycles. The topological polar surface area (TPSA) is 66.8 Å². The molecule has 0 aromatic heterocycles. The lowest BCUT2D eigenvalue weighted by Crippen LogP contribution is -2.30. The highest BCUT2D eigenvalue weighted by molar-refractivity contribution is 6.51. The summed E-state index contributed by atoms with van der Waals surface area (Å²) in [6.07, 6.45) is 0. The summed E-state index contributed by atoms with van der Waals surface area (Å²) in [5.74, 6) is -3.52. The lowest BCUT2D eigenvalue weighted by molar-refractivity contribution is -0.132. The highest BCUT2D eigenvalue weighted by Crippen LogP contribution is 2.43. The van der Waals surface area contributed by atoms with E-state index in [0.29, 0.717) is 22.4 Å². The Morgan fingerprint density at radius 3 is 2.42 bits per heavy atom. The number of aryl methyl sites for hydroxylation is 2. The largest absolute Gasteiger partial charge is 0.507 e. The van der Waals surface area contributed by atoms with E-state index in [4.69, 9.17) is 4.74 Å². The van der Waals surface area contributed by atoms with Gasteiger partial charge in [-0.05, 0) is 55.3 Å². The van der Waals surface area contributed by atoms with Crippen LogP contribution in [0.2, 0.25) is 0 Å². The molecule has 3 aromatic carbocycles.